The van der Waals surface area contributed by atoms with Gasteiger partial charge >= 0.3 is 0 Å². The Morgan fingerprint density at radius 1 is 1.17 bits per heavy atom. The van der Waals surface area contributed by atoms with Crippen LogP contribution in [0.3, 0.4) is 0 Å². The minimum atomic E-state index is 0.647. The van der Waals surface area contributed by atoms with Crippen molar-refractivity contribution in [2.45, 2.75) is 52.1 Å². The molecule has 3 heteroatoms. The van der Waals surface area contributed by atoms with E-state index in [2.05, 4.69) is 50.0 Å². The molecule has 18 heavy (non-hydrogen) atoms. The molecule has 1 atom stereocenters. The zero-order valence-electron chi connectivity index (χ0n) is 13.1. The molecule has 0 aliphatic carbocycles. The van der Waals surface area contributed by atoms with Gasteiger partial charge in [0, 0.05) is 18.6 Å². The lowest BCUT2D eigenvalue weighted by atomic mass is 10.0. The average molecular weight is 255 g/mol. The van der Waals surface area contributed by atoms with E-state index in [-0.39, 0.29) is 0 Å². The summed E-state index contributed by atoms with van der Waals surface area (Å²) in [5, 5.41) is 3.79. The summed E-state index contributed by atoms with van der Waals surface area (Å²) < 4.78 is 0. The van der Waals surface area contributed by atoms with Crippen molar-refractivity contribution in [2.75, 3.05) is 40.3 Å². The van der Waals surface area contributed by atoms with Gasteiger partial charge in [0.15, 0.2) is 0 Å². The summed E-state index contributed by atoms with van der Waals surface area (Å²) >= 11 is 0. The Bertz CT molecular complexity index is 208. The van der Waals surface area contributed by atoms with Gasteiger partial charge in [0.05, 0.1) is 0 Å². The van der Waals surface area contributed by atoms with Gasteiger partial charge in [0.2, 0.25) is 0 Å². The van der Waals surface area contributed by atoms with Crippen LogP contribution < -0.4 is 5.32 Å². The van der Waals surface area contributed by atoms with Crippen LogP contribution in [0, 0.1) is 5.92 Å². The summed E-state index contributed by atoms with van der Waals surface area (Å²) in [4.78, 5) is 4.89. The SMILES string of the molecule is CC(C)CN1CCC(NC(C)CCN(C)C)CC1. The average Bonchev–Trinajstić information content (AvgIpc) is 2.28. The second kappa shape index (κ2) is 8.13. The van der Waals surface area contributed by atoms with E-state index in [1.54, 1.807) is 0 Å². The highest BCUT2D eigenvalue weighted by Gasteiger charge is 2.20. The molecule has 0 spiro atoms. The van der Waals surface area contributed by atoms with E-state index >= 15 is 0 Å². The van der Waals surface area contributed by atoms with Gasteiger partial charge in [-0.25, -0.2) is 0 Å². The number of hydrogen-bond donors (Lipinski definition) is 1. The van der Waals surface area contributed by atoms with Crippen LogP contribution >= 0.6 is 0 Å². The third-order valence-corrected chi connectivity index (χ3v) is 3.74. The summed E-state index contributed by atoms with van der Waals surface area (Å²) in [7, 11) is 4.30. The van der Waals surface area contributed by atoms with E-state index < -0.39 is 0 Å². The summed E-state index contributed by atoms with van der Waals surface area (Å²) in [5.41, 5.74) is 0. The van der Waals surface area contributed by atoms with Gasteiger partial charge in [-0.15, -0.1) is 0 Å². The molecule has 1 aliphatic rings. The summed E-state index contributed by atoms with van der Waals surface area (Å²) in [6, 6.07) is 1.39. The quantitative estimate of drug-likeness (QED) is 0.751. The van der Waals surface area contributed by atoms with Crippen molar-refractivity contribution in [3.63, 3.8) is 0 Å². The number of hydrogen-bond acceptors (Lipinski definition) is 3. The maximum Gasteiger partial charge on any atom is 0.00938 e. The fourth-order valence-corrected chi connectivity index (χ4v) is 2.74. The summed E-state index contributed by atoms with van der Waals surface area (Å²) in [6.07, 6.45) is 3.89. The molecule has 1 fully saturated rings. The molecule has 0 aromatic rings. The molecule has 0 saturated carbocycles. The van der Waals surface area contributed by atoms with Crippen LogP contribution in [0.1, 0.15) is 40.0 Å². The Hall–Kier alpha value is -0.120. The molecule has 1 saturated heterocycles. The molecule has 1 aliphatic heterocycles. The Kier molecular flexibility index (Phi) is 7.20. The molecular weight excluding hydrogens is 222 g/mol. The highest BCUT2D eigenvalue weighted by Crippen LogP contribution is 2.13. The van der Waals surface area contributed by atoms with Crippen molar-refractivity contribution in [2.24, 2.45) is 5.92 Å². The monoisotopic (exact) mass is 255 g/mol. The Morgan fingerprint density at radius 3 is 2.28 bits per heavy atom. The normalized spacial score (nSPS) is 20.8. The molecule has 1 N–H and O–H groups in total. The molecule has 0 bridgehead atoms. The lowest BCUT2D eigenvalue weighted by Gasteiger charge is -2.35. The standard InChI is InChI=1S/C15H33N3/c1-13(2)12-18-10-7-15(8-11-18)16-14(3)6-9-17(4)5/h13-16H,6-12H2,1-5H3. The van der Waals surface area contributed by atoms with E-state index in [1.165, 1.54) is 45.4 Å². The second-order valence-electron chi connectivity index (χ2n) is 6.63. The molecule has 0 aromatic heterocycles. The maximum atomic E-state index is 3.79. The first-order chi connectivity index (χ1) is 8.47. The Labute approximate surface area is 114 Å². The van der Waals surface area contributed by atoms with Crippen LogP contribution in [0.2, 0.25) is 0 Å². The smallest absolute Gasteiger partial charge is 0.00938 e. The molecule has 1 heterocycles. The van der Waals surface area contributed by atoms with Crippen molar-refractivity contribution in [1.29, 1.82) is 0 Å². The third-order valence-electron chi connectivity index (χ3n) is 3.74. The Balaban J connectivity index is 2.14. The van der Waals surface area contributed by atoms with Gasteiger partial charge in [0.25, 0.3) is 0 Å². The minimum absolute atomic E-state index is 0.647. The van der Waals surface area contributed by atoms with Gasteiger partial charge in [-0.1, -0.05) is 13.8 Å². The number of piperidine rings is 1. The number of likely N-dealkylation sites (tertiary alicyclic amines) is 1. The molecule has 0 aromatic carbocycles. The van der Waals surface area contributed by atoms with Crippen LogP contribution in [-0.2, 0) is 0 Å². The van der Waals surface area contributed by atoms with Gasteiger partial charge in [-0.05, 0) is 65.8 Å². The number of nitrogens with zero attached hydrogens (tertiary/aromatic N) is 2. The molecule has 3 nitrogen and oxygen atoms in total. The molecule has 108 valence electrons. The lowest BCUT2D eigenvalue weighted by Crippen LogP contribution is -2.46. The summed E-state index contributed by atoms with van der Waals surface area (Å²) in [5.74, 6) is 0.800. The summed E-state index contributed by atoms with van der Waals surface area (Å²) in [6.45, 7) is 11.9. The zero-order chi connectivity index (χ0) is 13.5. The van der Waals surface area contributed by atoms with Crippen molar-refractivity contribution in [1.82, 2.24) is 15.1 Å². The highest BCUT2D eigenvalue weighted by molar-refractivity contribution is 4.79. The first-order valence-electron chi connectivity index (χ1n) is 7.60. The number of rotatable bonds is 7. The first kappa shape index (κ1) is 15.9. The van der Waals surface area contributed by atoms with Crippen LogP contribution in [0.15, 0.2) is 0 Å². The number of nitrogens with one attached hydrogen (secondary N) is 1. The molecule has 1 rings (SSSR count). The predicted octanol–water partition coefficient (Wildman–Crippen LogP) is 2.04. The molecule has 1 unspecified atom stereocenters. The van der Waals surface area contributed by atoms with Crippen molar-refractivity contribution in [3.8, 4) is 0 Å². The zero-order valence-corrected chi connectivity index (χ0v) is 13.1. The molecule has 0 amide bonds. The largest absolute Gasteiger partial charge is 0.311 e. The fraction of sp³-hybridized carbons (Fsp3) is 1.00. The molecular formula is C15H33N3. The van der Waals surface area contributed by atoms with Crippen LogP contribution in [0.5, 0.6) is 0 Å². The predicted molar refractivity (Wildman–Crippen MR) is 80.1 cm³/mol. The van der Waals surface area contributed by atoms with Crippen LogP contribution in [0.25, 0.3) is 0 Å². The van der Waals surface area contributed by atoms with E-state index in [9.17, 15) is 0 Å². The molecule has 0 radical (unpaired) electrons. The van der Waals surface area contributed by atoms with Gasteiger partial charge < -0.3 is 15.1 Å². The lowest BCUT2D eigenvalue weighted by molar-refractivity contribution is 0.173. The second-order valence-corrected chi connectivity index (χ2v) is 6.63. The van der Waals surface area contributed by atoms with Crippen molar-refractivity contribution >= 4 is 0 Å². The topological polar surface area (TPSA) is 18.5 Å². The fourth-order valence-electron chi connectivity index (χ4n) is 2.74. The van der Waals surface area contributed by atoms with Gasteiger partial charge in [0.1, 0.15) is 0 Å². The van der Waals surface area contributed by atoms with Crippen molar-refractivity contribution < 1.29 is 0 Å². The Morgan fingerprint density at radius 2 is 1.78 bits per heavy atom. The van der Waals surface area contributed by atoms with E-state index in [4.69, 9.17) is 0 Å². The van der Waals surface area contributed by atoms with Crippen molar-refractivity contribution in [3.05, 3.63) is 0 Å². The highest BCUT2D eigenvalue weighted by atomic mass is 15.1. The van der Waals surface area contributed by atoms with Gasteiger partial charge in [-0.3, -0.25) is 0 Å². The third kappa shape index (κ3) is 6.72. The first-order valence-corrected chi connectivity index (χ1v) is 7.60. The van der Waals surface area contributed by atoms with Crippen LogP contribution in [0.4, 0.5) is 0 Å². The van der Waals surface area contributed by atoms with Crippen LogP contribution in [-0.4, -0.2) is 62.2 Å². The van der Waals surface area contributed by atoms with Gasteiger partial charge in [-0.2, -0.15) is 0 Å². The van der Waals surface area contributed by atoms with E-state index in [0.29, 0.717) is 6.04 Å². The van der Waals surface area contributed by atoms with E-state index in [1.807, 2.05) is 0 Å². The maximum absolute atomic E-state index is 3.79. The minimum Gasteiger partial charge on any atom is -0.311 e. The van der Waals surface area contributed by atoms with E-state index in [0.717, 1.165) is 12.0 Å².